The molecule has 0 atom stereocenters. The van der Waals surface area contributed by atoms with E-state index in [-0.39, 0.29) is 5.41 Å². The van der Waals surface area contributed by atoms with E-state index in [1.54, 1.807) is 0 Å². The third-order valence-corrected chi connectivity index (χ3v) is 13.2. The van der Waals surface area contributed by atoms with Gasteiger partial charge in [-0.25, -0.2) is 0 Å². The fraction of sp³-hybridized carbons (Fsp3) is 0.161. The van der Waals surface area contributed by atoms with Gasteiger partial charge in [0.25, 0.3) is 0 Å². The first kappa shape index (κ1) is 42.2. The molecular weight excluding hydrogens is 773 g/mol. The monoisotopic (exact) mass is 830 g/mol. The summed E-state index contributed by atoms with van der Waals surface area (Å²) >= 11 is 0. The number of anilines is 4. The molecule has 1 aliphatic rings. The predicted octanol–water partition coefficient (Wildman–Crippen LogP) is 16.6. The van der Waals surface area contributed by atoms with Crippen molar-refractivity contribution in [3.8, 4) is 0 Å². The molecule has 8 aromatic rings. The maximum absolute atomic E-state index is 2.42. The summed E-state index contributed by atoms with van der Waals surface area (Å²) in [7, 11) is 0. The molecule has 316 valence electrons. The molecule has 0 radical (unpaired) electrons. The average Bonchev–Trinajstić information content (AvgIpc) is 3.34. The van der Waals surface area contributed by atoms with Gasteiger partial charge in [-0.2, -0.15) is 0 Å². The molecule has 0 N–H and O–H groups in total. The molecule has 0 aromatic heterocycles. The summed E-state index contributed by atoms with van der Waals surface area (Å²) in [4.78, 5) is 4.79. The minimum atomic E-state index is -0.0747. The molecule has 64 heavy (non-hydrogen) atoms. The Morgan fingerprint density at radius 2 is 0.703 bits per heavy atom. The van der Waals surface area contributed by atoms with Crippen LogP contribution < -0.4 is 9.80 Å². The van der Waals surface area contributed by atoms with Gasteiger partial charge in [-0.3, -0.25) is 0 Å². The molecule has 8 aromatic carbocycles. The van der Waals surface area contributed by atoms with Crippen molar-refractivity contribution in [1.82, 2.24) is 0 Å². The minimum Gasteiger partial charge on any atom is -0.316 e. The second-order valence-corrected chi connectivity index (χ2v) is 17.6. The standard InChI is InChI=1S/C62H58N2/c1-46-28-38-60(48(3)42-46)63(44-58(50-20-10-5-11-21-50)51-22-12-6-13-23-51)56-34-30-54(31-35-56)62(40-18-9-19-41-62)55-32-36-57(37-33-55)64(61-39-29-47(2)43-49(61)4)45-59(52-24-14-7-15-25-52)53-26-16-8-17-27-53/h5-8,10-17,20-39,42-45H,9,18-19,40-41H2,1-4H3. The van der Waals surface area contributed by atoms with Gasteiger partial charge in [0.05, 0.1) is 0 Å². The highest BCUT2D eigenvalue weighted by molar-refractivity contribution is 5.86. The topological polar surface area (TPSA) is 6.48 Å². The van der Waals surface area contributed by atoms with E-state index in [1.165, 1.54) is 97.4 Å². The van der Waals surface area contributed by atoms with Crippen LogP contribution in [0.15, 0.2) is 219 Å². The largest absolute Gasteiger partial charge is 0.316 e. The molecule has 0 spiro atoms. The van der Waals surface area contributed by atoms with Gasteiger partial charge < -0.3 is 9.80 Å². The molecule has 0 saturated heterocycles. The van der Waals surface area contributed by atoms with E-state index in [0.29, 0.717) is 0 Å². The molecule has 2 heteroatoms. The minimum absolute atomic E-state index is 0.0747. The Kier molecular flexibility index (Phi) is 12.6. The van der Waals surface area contributed by atoms with Crippen LogP contribution in [-0.2, 0) is 5.41 Å². The molecule has 0 amide bonds. The quantitative estimate of drug-likeness (QED) is 0.121. The highest BCUT2D eigenvalue weighted by Gasteiger charge is 2.36. The Balaban J connectivity index is 1.12. The van der Waals surface area contributed by atoms with Crippen molar-refractivity contribution in [2.45, 2.75) is 65.2 Å². The fourth-order valence-corrected chi connectivity index (χ4v) is 9.86. The molecule has 1 saturated carbocycles. The van der Waals surface area contributed by atoms with Gasteiger partial charge in [0.1, 0.15) is 0 Å². The van der Waals surface area contributed by atoms with Gasteiger partial charge in [-0.15, -0.1) is 0 Å². The van der Waals surface area contributed by atoms with Crippen molar-refractivity contribution in [3.63, 3.8) is 0 Å². The van der Waals surface area contributed by atoms with Crippen molar-refractivity contribution in [1.29, 1.82) is 0 Å². The van der Waals surface area contributed by atoms with Gasteiger partial charge in [0.15, 0.2) is 0 Å². The highest BCUT2D eigenvalue weighted by atomic mass is 15.1. The average molecular weight is 831 g/mol. The van der Waals surface area contributed by atoms with E-state index in [2.05, 4.69) is 256 Å². The lowest BCUT2D eigenvalue weighted by Gasteiger charge is -2.39. The molecule has 0 aliphatic heterocycles. The number of hydrogen-bond acceptors (Lipinski definition) is 2. The SMILES string of the molecule is Cc1ccc(N(C=C(c2ccccc2)c2ccccc2)c2ccc(C3(c4ccc(N(C=C(c5ccccc5)c5ccccc5)c5ccc(C)cc5C)cc4)CCCCC3)cc2)c(C)c1. The molecule has 2 nitrogen and oxygen atoms in total. The summed E-state index contributed by atoms with van der Waals surface area (Å²) in [6.07, 6.45) is 10.6. The van der Waals surface area contributed by atoms with E-state index >= 15 is 0 Å². The van der Waals surface area contributed by atoms with Crippen molar-refractivity contribution >= 4 is 33.9 Å². The van der Waals surface area contributed by atoms with Crippen LogP contribution in [0.25, 0.3) is 11.1 Å². The van der Waals surface area contributed by atoms with E-state index < -0.39 is 0 Å². The van der Waals surface area contributed by atoms with E-state index in [0.717, 1.165) is 24.2 Å². The zero-order valence-electron chi connectivity index (χ0n) is 37.7. The van der Waals surface area contributed by atoms with Crippen LogP contribution in [0.5, 0.6) is 0 Å². The Morgan fingerprint density at radius 1 is 0.375 bits per heavy atom. The Morgan fingerprint density at radius 3 is 1.02 bits per heavy atom. The van der Waals surface area contributed by atoms with Crippen molar-refractivity contribution in [2.75, 3.05) is 9.80 Å². The zero-order valence-corrected chi connectivity index (χ0v) is 37.7. The normalized spacial score (nSPS) is 13.1. The number of aryl methyl sites for hydroxylation is 4. The van der Waals surface area contributed by atoms with Gasteiger partial charge >= 0.3 is 0 Å². The summed E-state index contributed by atoms with van der Waals surface area (Å²) in [6.45, 7) is 8.80. The molecule has 0 heterocycles. The maximum Gasteiger partial charge on any atom is 0.0485 e. The Hall–Kier alpha value is -7.16. The molecule has 0 bridgehead atoms. The second-order valence-electron chi connectivity index (χ2n) is 17.6. The zero-order chi connectivity index (χ0) is 43.9. The number of nitrogens with zero attached hydrogens (tertiary/aromatic N) is 2. The Bertz CT molecular complexity index is 2570. The van der Waals surface area contributed by atoms with Crippen molar-refractivity contribution < 1.29 is 0 Å². The second kappa shape index (κ2) is 19.1. The lowest BCUT2D eigenvalue weighted by molar-refractivity contribution is 0.346. The summed E-state index contributed by atoms with van der Waals surface area (Å²) in [5.74, 6) is 0. The summed E-state index contributed by atoms with van der Waals surface area (Å²) in [5.41, 5.74) is 19.5. The molecule has 0 unspecified atom stereocenters. The molecular formula is C62H58N2. The number of rotatable bonds is 12. The fourth-order valence-electron chi connectivity index (χ4n) is 9.86. The maximum atomic E-state index is 2.42. The van der Waals surface area contributed by atoms with Crippen LogP contribution >= 0.6 is 0 Å². The van der Waals surface area contributed by atoms with Crippen LogP contribution in [0.4, 0.5) is 22.7 Å². The lowest BCUT2D eigenvalue weighted by atomic mass is 9.65. The van der Waals surface area contributed by atoms with E-state index in [9.17, 15) is 0 Å². The third kappa shape index (κ3) is 9.01. The smallest absolute Gasteiger partial charge is 0.0485 e. The first-order valence-electron chi connectivity index (χ1n) is 23.0. The van der Waals surface area contributed by atoms with Crippen LogP contribution in [0.3, 0.4) is 0 Å². The molecule has 1 aliphatic carbocycles. The van der Waals surface area contributed by atoms with Crippen molar-refractivity contribution in [2.24, 2.45) is 0 Å². The summed E-state index contributed by atoms with van der Waals surface area (Å²) < 4.78 is 0. The first-order valence-corrected chi connectivity index (χ1v) is 23.0. The number of hydrogen-bond donors (Lipinski definition) is 0. The van der Waals surface area contributed by atoms with Gasteiger partial charge in [-0.05, 0) is 121 Å². The van der Waals surface area contributed by atoms with Crippen LogP contribution in [-0.4, -0.2) is 0 Å². The summed E-state index contributed by atoms with van der Waals surface area (Å²) in [5, 5.41) is 0. The van der Waals surface area contributed by atoms with E-state index in [1.807, 2.05) is 0 Å². The predicted molar refractivity (Wildman–Crippen MR) is 273 cm³/mol. The van der Waals surface area contributed by atoms with Crippen LogP contribution in [0, 0.1) is 27.7 Å². The van der Waals surface area contributed by atoms with Crippen molar-refractivity contribution in [3.05, 3.63) is 274 Å². The molecule has 9 rings (SSSR count). The highest BCUT2D eigenvalue weighted by Crippen LogP contribution is 2.47. The van der Waals surface area contributed by atoms with Crippen LogP contribution in [0.1, 0.15) is 87.7 Å². The third-order valence-electron chi connectivity index (χ3n) is 13.2. The van der Waals surface area contributed by atoms with Gasteiger partial charge in [0.2, 0.25) is 0 Å². The summed E-state index contributed by atoms with van der Waals surface area (Å²) in [6, 6.07) is 75.7. The van der Waals surface area contributed by atoms with E-state index in [4.69, 9.17) is 0 Å². The Labute approximate surface area is 381 Å². The molecule has 1 fully saturated rings. The lowest BCUT2D eigenvalue weighted by Crippen LogP contribution is -2.30. The number of benzene rings is 8. The van der Waals surface area contributed by atoms with Gasteiger partial charge in [0, 0.05) is 51.7 Å². The first-order chi connectivity index (χ1) is 31.4. The van der Waals surface area contributed by atoms with Crippen LogP contribution in [0.2, 0.25) is 0 Å². The van der Waals surface area contributed by atoms with Gasteiger partial charge in [-0.1, -0.05) is 200 Å².